The Bertz CT molecular complexity index is 693. The molecule has 1 atom stereocenters. The van der Waals surface area contributed by atoms with Crippen molar-refractivity contribution >= 4 is 11.6 Å². The molecule has 2 heterocycles. The molecule has 2 saturated heterocycles. The van der Waals surface area contributed by atoms with Crippen molar-refractivity contribution < 1.29 is 18.0 Å². The van der Waals surface area contributed by atoms with Crippen molar-refractivity contribution in [1.29, 1.82) is 0 Å². The standard InChI is InChI=1S/C20H29F3N4O/c1-19(2,24)18(28)27-8-4-7-17(14-27)26-11-9-25(10-12-26)16-6-3-5-15(13-16)20(21,22)23/h3,5-6,13,17H,4,7-12,14,24H2,1-2H3. The Morgan fingerprint density at radius 3 is 2.39 bits per heavy atom. The number of carbonyl (C=O) groups is 1. The minimum atomic E-state index is -4.33. The van der Waals surface area contributed by atoms with E-state index >= 15 is 0 Å². The Hall–Kier alpha value is -1.80. The summed E-state index contributed by atoms with van der Waals surface area (Å²) in [6.07, 6.45) is -2.36. The van der Waals surface area contributed by atoms with Crippen LogP contribution in [0.25, 0.3) is 0 Å². The Morgan fingerprint density at radius 2 is 1.79 bits per heavy atom. The summed E-state index contributed by atoms with van der Waals surface area (Å²) in [5.74, 6) is -0.0280. The Morgan fingerprint density at radius 1 is 1.11 bits per heavy atom. The summed E-state index contributed by atoms with van der Waals surface area (Å²) < 4.78 is 38.9. The molecule has 0 spiro atoms. The smallest absolute Gasteiger partial charge is 0.369 e. The number of halogens is 3. The van der Waals surface area contributed by atoms with Gasteiger partial charge in [0.25, 0.3) is 0 Å². The third kappa shape index (κ3) is 4.78. The summed E-state index contributed by atoms with van der Waals surface area (Å²) in [5.41, 5.74) is 5.09. The molecule has 0 aromatic heterocycles. The van der Waals surface area contributed by atoms with Crippen LogP contribution in [-0.4, -0.2) is 66.6 Å². The van der Waals surface area contributed by atoms with Gasteiger partial charge in [0, 0.05) is 51.0 Å². The van der Waals surface area contributed by atoms with Gasteiger partial charge >= 0.3 is 6.18 Å². The first-order valence-corrected chi connectivity index (χ1v) is 9.80. The molecule has 0 saturated carbocycles. The van der Waals surface area contributed by atoms with Gasteiger partial charge in [-0.25, -0.2) is 0 Å². The van der Waals surface area contributed by atoms with Crippen LogP contribution in [0.2, 0.25) is 0 Å². The van der Waals surface area contributed by atoms with E-state index in [2.05, 4.69) is 4.90 Å². The third-order valence-corrected chi connectivity index (χ3v) is 5.60. The second kappa shape index (κ2) is 7.91. The van der Waals surface area contributed by atoms with Crippen molar-refractivity contribution in [2.75, 3.05) is 44.2 Å². The number of piperazine rings is 1. The molecule has 0 radical (unpaired) electrons. The summed E-state index contributed by atoms with van der Waals surface area (Å²) in [7, 11) is 0. The quantitative estimate of drug-likeness (QED) is 0.850. The first-order chi connectivity index (χ1) is 13.1. The molecule has 2 fully saturated rings. The summed E-state index contributed by atoms with van der Waals surface area (Å²) in [4.78, 5) is 18.7. The molecular weight excluding hydrogens is 369 g/mol. The van der Waals surface area contributed by atoms with E-state index in [4.69, 9.17) is 5.73 Å². The van der Waals surface area contributed by atoms with Gasteiger partial charge in [0.15, 0.2) is 0 Å². The molecule has 2 aliphatic rings. The molecule has 8 heteroatoms. The van der Waals surface area contributed by atoms with Gasteiger partial charge in [-0.05, 0) is 44.9 Å². The Labute approximate surface area is 164 Å². The van der Waals surface area contributed by atoms with Crippen LogP contribution in [0.4, 0.5) is 18.9 Å². The molecule has 2 N–H and O–H groups in total. The average molecular weight is 398 g/mol. The Balaban J connectivity index is 1.59. The first-order valence-electron chi connectivity index (χ1n) is 9.80. The van der Waals surface area contributed by atoms with E-state index in [0.717, 1.165) is 38.5 Å². The maximum atomic E-state index is 13.0. The second-order valence-corrected chi connectivity index (χ2v) is 8.34. The maximum absolute atomic E-state index is 13.0. The lowest BCUT2D eigenvalue weighted by Crippen LogP contribution is -2.59. The van der Waals surface area contributed by atoms with Crippen LogP contribution in [0.5, 0.6) is 0 Å². The van der Waals surface area contributed by atoms with Gasteiger partial charge in [0.2, 0.25) is 5.91 Å². The Kier molecular flexibility index (Phi) is 5.91. The van der Waals surface area contributed by atoms with Crippen molar-refractivity contribution in [3.8, 4) is 0 Å². The molecule has 1 amide bonds. The normalized spacial score (nSPS) is 22.4. The number of hydrogen-bond acceptors (Lipinski definition) is 4. The van der Waals surface area contributed by atoms with E-state index in [1.54, 1.807) is 19.9 Å². The summed E-state index contributed by atoms with van der Waals surface area (Å²) in [6.45, 7) is 7.76. The van der Waals surface area contributed by atoms with Crippen LogP contribution >= 0.6 is 0 Å². The lowest BCUT2D eigenvalue weighted by molar-refractivity contribution is -0.138. The van der Waals surface area contributed by atoms with Gasteiger partial charge in [-0.15, -0.1) is 0 Å². The van der Waals surface area contributed by atoms with Crippen LogP contribution < -0.4 is 10.6 Å². The van der Waals surface area contributed by atoms with E-state index in [-0.39, 0.29) is 11.9 Å². The zero-order valence-electron chi connectivity index (χ0n) is 16.5. The van der Waals surface area contributed by atoms with Crippen LogP contribution in [0.1, 0.15) is 32.3 Å². The van der Waals surface area contributed by atoms with E-state index in [0.29, 0.717) is 25.3 Å². The van der Waals surface area contributed by atoms with Crippen LogP contribution in [0.3, 0.4) is 0 Å². The first kappa shape index (κ1) is 20.9. The van der Waals surface area contributed by atoms with Gasteiger partial charge < -0.3 is 15.5 Å². The predicted molar refractivity (Wildman–Crippen MR) is 103 cm³/mol. The number of nitrogens with two attached hydrogens (primary N) is 1. The van der Waals surface area contributed by atoms with Crippen LogP contribution in [0.15, 0.2) is 24.3 Å². The molecule has 1 aromatic carbocycles. The highest BCUT2D eigenvalue weighted by Crippen LogP contribution is 2.32. The molecule has 1 aromatic rings. The molecule has 28 heavy (non-hydrogen) atoms. The molecule has 5 nitrogen and oxygen atoms in total. The van der Waals surface area contributed by atoms with Crippen molar-refractivity contribution in [3.05, 3.63) is 29.8 Å². The van der Waals surface area contributed by atoms with Gasteiger partial charge in [0.1, 0.15) is 0 Å². The van der Waals surface area contributed by atoms with Crippen LogP contribution in [0, 0.1) is 0 Å². The summed E-state index contributed by atoms with van der Waals surface area (Å²) in [6, 6.07) is 5.80. The van der Waals surface area contributed by atoms with E-state index in [1.165, 1.54) is 12.1 Å². The van der Waals surface area contributed by atoms with Gasteiger partial charge in [-0.1, -0.05) is 6.07 Å². The fourth-order valence-electron chi connectivity index (χ4n) is 4.07. The molecular formula is C20H29F3N4O. The van der Waals surface area contributed by atoms with Crippen molar-refractivity contribution in [2.24, 2.45) is 5.73 Å². The predicted octanol–water partition coefficient (Wildman–Crippen LogP) is 2.56. The number of anilines is 1. The SMILES string of the molecule is CC(C)(N)C(=O)N1CCCC(N2CCN(c3cccc(C(F)(F)F)c3)CC2)C1. The minimum Gasteiger partial charge on any atom is -0.369 e. The second-order valence-electron chi connectivity index (χ2n) is 8.34. The molecule has 3 rings (SSSR count). The minimum absolute atomic E-state index is 0.0280. The van der Waals surface area contributed by atoms with Crippen molar-refractivity contribution in [2.45, 2.75) is 44.4 Å². The molecule has 1 unspecified atom stereocenters. The van der Waals surface area contributed by atoms with Crippen molar-refractivity contribution in [1.82, 2.24) is 9.80 Å². The number of rotatable bonds is 3. The zero-order chi connectivity index (χ0) is 20.5. The fraction of sp³-hybridized carbons (Fsp3) is 0.650. The average Bonchev–Trinajstić information content (AvgIpc) is 2.66. The number of alkyl halides is 3. The van der Waals surface area contributed by atoms with Crippen LogP contribution in [-0.2, 0) is 11.0 Å². The number of benzene rings is 1. The highest BCUT2D eigenvalue weighted by Gasteiger charge is 2.35. The number of piperidine rings is 1. The van der Waals surface area contributed by atoms with Gasteiger partial charge in [0.05, 0.1) is 11.1 Å². The highest BCUT2D eigenvalue weighted by molar-refractivity contribution is 5.85. The molecule has 0 bridgehead atoms. The largest absolute Gasteiger partial charge is 0.416 e. The fourth-order valence-corrected chi connectivity index (χ4v) is 4.07. The van der Waals surface area contributed by atoms with E-state index in [1.807, 2.05) is 9.80 Å². The number of carbonyl (C=O) groups excluding carboxylic acids is 1. The molecule has 0 aliphatic carbocycles. The maximum Gasteiger partial charge on any atom is 0.416 e. The van der Waals surface area contributed by atoms with Gasteiger partial charge in [-0.3, -0.25) is 9.69 Å². The zero-order valence-corrected chi connectivity index (χ0v) is 16.5. The third-order valence-electron chi connectivity index (χ3n) is 5.60. The lowest BCUT2D eigenvalue weighted by Gasteiger charge is -2.44. The monoisotopic (exact) mass is 398 g/mol. The number of nitrogens with zero attached hydrogens (tertiary/aromatic N) is 3. The summed E-state index contributed by atoms with van der Waals surface area (Å²) >= 11 is 0. The number of amides is 1. The topological polar surface area (TPSA) is 52.8 Å². The molecule has 2 aliphatic heterocycles. The van der Waals surface area contributed by atoms with E-state index < -0.39 is 17.3 Å². The molecule has 156 valence electrons. The van der Waals surface area contributed by atoms with E-state index in [9.17, 15) is 18.0 Å². The number of hydrogen-bond donors (Lipinski definition) is 1. The van der Waals surface area contributed by atoms with Gasteiger partial charge in [-0.2, -0.15) is 13.2 Å². The lowest BCUT2D eigenvalue weighted by atomic mass is 9.99. The summed E-state index contributed by atoms with van der Waals surface area (Å²) in [5, 5.41) is 0. The van der Waals surface area contributed by atoms with Crippen molar-refractivity contribution in [3.63, 3.8) is 0 Å². The number of likely N-dealkylation sites (tertiary alicyclic amines) is 1. The highest BCUT2D eigenvalue weighted by atomic mass is 19.4.